The summed E-state index contributed by atoms with van der Waals surface area (Å²) in [5, 5.41) is 10.7. The summed E-state index contributed by atoms with van der Waals surface area (Å²) >= 11 is 1.10. The van der Waals surface area contributed by atoms with Crippen molar-refractivity contribution in [2.45, 2.75) is 4.21 Å². The summed E-state index contributed by atoms with van der Waals surface area (Å²) in [6.45, 7) is 0. The van der Waals surface area contributed by atoms with Gasteiger partial charge in [-0.2, -0.15) is 5.26 Å². The van der Waals surface area contributed by atoms with Crippen molar-refractivity contribution in [3.05, 3.63) is 41.3 Å². The van der Waals surface area contributed by atoms with Gasteiger partial charge in [0.25, 0.3) is 10.0 Å². The molecule has 0 saturated heterocycles. The highest BCUT2D eigenvalue weighted by molar-refractivity contribution is 7.94. The zero-order valence-corrected chi connectivity index (χ0v) is 11.6. The first-order valence-electron chi connectivity index (χ1n) is 5.22. The Balaban J connectivity index is 2.47. The van der Waals surface area contributed by atoms with E-state index in [0.717, 1.165) is 11.3 Å². The zero-order valence-electron chi connectivity index (χ0n) is 9.95. The number of anilines is 1. The van der Waals surface area contributed by atoms with Crippen LogP contribution in [0.5, 0.6) is 5.75 Å². The molecule has 7 heteroatoms. The number of sulfonamides is 1. The van der Waals surface area contributed by atoms with Crippen molar-refractivity contribution < 1.29 is 13.2 Å². The van der Waals surface area contributed by atoms with Crippen LogP contribution in [0.15, 0.2) is 39.9 Å². The largest absolute Gasteiger partial charge is 0.495 e. The molecule has 1 heterocycles. The van der Waals surface area contributed by atoms with Crippen molar-refractivity contribution in [1.82, 2.24) is 0 Å². The van der Waals surface area contributed by atoms with Gasteiger partial charge in [-0.15, -0.1) is 11.3 Å². The molecule has 1 aromatic heterocycles. The highest BCUT2D eigenvalue weighted by atomic mass is 32.2. The molecule has 0 bridgehead atoms. The molecule has 5 nitrogen and oxygen atoms in total. The van der Waals surface area contributed by atoms with Crippen LogP contribution in [0.2, 0.25) is 0 Å². The minimum Gasteiger partial charge on any atom is -0.495 e. The number of rotatable bonds is 4. The first kappa shape index (κ1) is 13.4. The summed E-state index contributed by atoms with van der Waals surface area (Å²) in [4.78, 5) is 0. The van der Waals surface area contributed by atoms with Crippen molar-refractivity contribution in [2.75, 3.05) is 11.8 Å². The van der Waals surface area contributed by atoms with Crippen molar-refractivity contribution >= 4 is 27.0 Å². The number of nitrogens with one attached hydrogen (secondary N) is 1. The number of thiophene rings is 1. The third kappa shape index (κ3) is 2.70. The maximum absolute atomic E-state index is 12.1. The van der Waals surface area contributed by atoms with E-state index in [1.807, 2.05) is 6.07 Å². The van der Waals surface area contributed by atoms with E-state index in [1.165, 1.54) is 19.2 Å². The Kier molecular flexibility index (Phi) is 3.74. The van der Waals surface area contributed by atoms with Gasteiger partial charge in [0.2, 0.25) is 0 Å². The Hall–Kier alpha value is -2.04. The fourth-order valence-corrected chi connectivity index (χ4v) is 3.59. The summed E-state index contributed by atoms with van der Waals surface area (Å²) in [6.07, 6.45) is 0. The molecule has 19 heavy (non-hydrogen) atoms. The fourth-order valence-electron chi connectivity index (χ4n) is 1.50. The minimum atomic E-state index is -3.70. The van der Waals surface area contributed by atoms with E-state index in [2.05, 4.69) is 4.72 Å². The van der Waals surface area contributed by atoms with Gasteiger partial charge < -0.3 is 4.74 Å². The number of nitriles is 1. The van der Waals surface area contributed by atoms with Crippen LogP contribution in [-0.4, -0.2) is 15.5 Å². The van der Waals surface area contributed by atoms with Gasteiger partial charge >= 0.3 is 0 Å². The summed E-state index contributed by atoms with van der Waals surface area (Å²) in [5.41, 5.74) is 0.361. The maximum atomic E-state index is 12.1. The molecule has 0 aliphatic carbocycles. The second-order valence-corrected chi connectivity index (χ2v) is 6.39. The van der Waals surface area contributed by atoms with E-state index in [1.54, 1.807) is 23.6 Å². The summed E-state index contributed by atoms with van der Waals surface area (Å²) in [5.74, 6) is 0.305. The Morgan fingerprint density at radius 3 is 2.68 bits per heavy atom. The Morgan fingerprint density at radius 2 is 2.11 bits per heavy atom. The van der Waals surface area contributed by atoms with Crippen LogP contribution < -0.4 is 9.46 Å². The summed E-state index contributed by atoms with van der Waals surface area (Å²) in [6, 6.07) is 9.81. The Morgan fingerprint density at radius 1 is 1.32 bits per heavy atom. The SMILES string of the molecule is COc1cccc(C#N)c1NS(=O)(=O)c1cccs1. The zero-order chi connectivity index (χ0) is 13.9. The molecule has 1 N–H and O–H groups in total. The van der Waals surface area contributed by atoms with Gasteiger partial charge in [-0.3, -0.25) is 4.72 Å². The first-order chi connectivity index (χ1) is 9.08. The quantitative estimate of drug-likeness (QED) is 0.939. The number of benzene rings is 1. The smallest absolute Gasteiger partial charge is 0.271 e. The van der Waals surface area contributed by atoms with E-state index < -0.39 is 10.0 Å². The monoisotopic (exact) mass is 294 g/mol. The van der Waals surface area contributed by atoms with E-state index >= 15 is 0 Å². The average Bonchev–Trinajstić information content (AvgIpc) is 2.93. The molecular weight excluding hydrogens is 284 g/mol. The van der Waals surface area contributed by atoms with Crippen LogP contribution in [0.3, 0.4) is 0 Å². The van der Waals surface area contributed by atoms with Crippen molar-refractivity contribution in [1.29, 1.82) is 5.26 Å². The van der Waals surface area contributed by atoms with Crippen LogP contribution in [0, 0.1) is 11.3 Å². The van der Waals surface area contributed by atoms with Crippen LogP contribution in [0.25, 0.3) is 0 Å². The lowest BCUT2D eigenvalue weighted by molar-refractivity contribution is 0.417. The number of hydrogen-bond donors (Lipinski definition) is 1. The Bertz CT molecular complexity index is 716. The minimum absolute atomic E-state index is 0.154. The summed E-state index contributed by atoms with van der Waals surface area (Å²) in [7, 11) is -2.28. The van der Waals surface area contributed by atoms with Crippen LogP contribution in [-0.2, 0) is 10.0 Å². The van der Waals surface area contributed by atoms with Gasteiger partial charge in [-0.25, -0.2) is 8.42 Å². The second-order valence-electron chi connectivity index (χ2n) is 3.53. The number of ether oxygens (including phenoxy) is 1. The number of methoxy groups -OCH3 is 1. The molecule has 0 amide bonds. The van der Waals surface area contributed by atoms with E-state index in [-0.39, 0.29) is 15.5 Å². The number of para-hydroxylation sites is 1. The lowest BCUT2D eigenvalue weighted by Crippen LogP contribution is -2.13. The molecule has 0 fully saturated rings. The lowest BCUT2D eigenvalue weighted by atomic mass is 10.2. The molecule has 0 aliphatic heterocycles. The molecule has 0 aliphatic rings. The molecular formula is C12H10N2O3S2. The van der Waals surface area contributed by atoms with E-state index in [0.29, 0.717) is 5.75 Å². The van der Waals surface area contributed by atoms with Crippen LogP contribution >= 0.6 is 11.3 Å². The molecule has 1 aromatic carbocycles. The highest BCUT2D eigenvalue weighted by Gasteiger charge is 2.19. The van der Waals surface area contributed by atoms with Crippen molar-refractivity contribution in [3.8, 4) is 11.8 Å². The van der Waals surface area contributed by atoms with E-state index in [9.17, 15) is 8.42 Å². The fraction of sp³-hybridized carbons (Fsp3) is 0.0833. The number of hydrogen-bond acceptors (Lipinski definition) is 5. The van der Waals surface area contributed by atoms with Gasteiger partial charge in [0.15, 0.2) is 0 Å². The normalized spacial score (nSPS) is 10.7. The predicted molar refractivity (Wildman–Crippen MR) is 72.8 cm³/mol. The molecule has 2 aromatic rings. The van der Waals surface area contributed by atoms with Gasteiger partial charge in [0, 0.05) is 0 Å². The van der Waals surface area contributed by atoms with Gasteiger partial charge in [-0.05, 0) is 23.6 Å². The topological polar surface area (TPSA) is 79.2 Å². The molecule has 0 saturated carbocycles. The number of nitrogens with zero attached hydrogens (tertiary/aromatic N) is 1. The summed E-state index contributed by atoms with van der Waals surface area (Å²) < 4.78 is 31.9. The van der Waals surface area contributed by atoms with Gasteiger partial charge in [0.05, 0.1) is 12.7 Å². The van der Waals surface area contributed by atoms with Crippen molar-refractivity contribution in [3.63, 3.8) is 0 Å². The molecule has 0 spiro atoms. The molecule has 2 rings (SSSR count). The first-order valence-corrected chi connectivity index (χ1v) is 7.58. The van der Waals surface area contributed by atoms with E-state index in [4.69, 9.17) is 10.00 Å². The molecule has 98 valence electrons. The van der Waals surface area contributed by atoms with Gasteiger partial charge in [-0.1, -0.05) is 12.1 Å². The van der Waals surface area contributed by atoms with Crippen LogP contribution in [0.4, 0.5) is 5.69 Å². The maximum Gasteiger partial charge on any atom is 0.271 e. The third-order valence-electron chi connectivity index (χ3n) is 2.36. The lowest BCUT2D eigenvalue weighted by Gasteiger charge is -2.12. The highest BCUT2D eigenvalue weighted by Crippen LogP contribution is 2.30. The molecule has 0 radical (unpaired) electrons. The molecule has 0 unspecified atom stereocenters. The van der Waals surface area contributed by atoms with Crippen molar-refractivity contribution in [2.24, 2.45) is 0 Å². The predicted octanol–water partition coefficient (Wildman–Crippen LogP) is 2.43. The molecule has 0 atom stereocenters. The standard InChI is InChI=1S/C12H10N2O3S2/c1-17-10-5-2-4-9(8-13)12(10)14-19(15,16)11-6-3-7-18-11/h2-7,14H,1H3. The van der Waals surface area contributed by atoms with Gasteiger partial charge in [0.1, 0.15) is 21.7 Å². The average molecular weight is 294 g/mol. The van der Waals surface area contributed by atoms with Crippen LogP contribution in [0.1, 0.15) is 5.56 Å². The second kappa shape index (κ2) is 5.30. The Labute approximate surface area is 115 Å². The third-order valence-corrected chi connectivity index (χ3v) is 5.11.